The second-order valence-electron chi connectivity index (χ2n) is 15.3. The molecule has 0 radical (unpaired) electrons. The first kappa shape index (κ1) is 48.8. The fourth-order valence-electron chi connectivity index (χ4n) is 6.28. The van der Waals surface area contributed by atoms with Crippen LogP contribution in [0.25, 0.3) is 0 Å². The number of hydrogen-bond acceptors (Lipinski definition) is 11. The molecular formula is C38H60N8O9S2. The lowest BCUT2D eigenvalue weighted by Crippen LogP contribution is -2.63. The van der Waals surface area contributed by atoms with E-state index in [4.69, 9.17) is 11.5 Å². The second kappa shape index (κ2) is 22.5. The standard InChI is InChI=1S/C38H60N8O9S2/c1-20(2)28(44-33(51)25(41-22(5)47)14-15-27(39)48)35(53)43-26(18-23-12-10-9-11-13-23)30(49)37(55)46-19-57-38(6,7)31(46)36(54)45-29(21(3)4)34(52)42-24(32(40)50)16-17-56-8/h9-13,20-21,24-26,28-31,49H,14-19H2,1-8H3,(H2,39,48)(H2,40,50)(H,41,47)(H,42,52)(H,43,53)(H,44,51)(H,45,54)/t24-,25-,26-,28-,29-,30-,31+/m0/s1. The van der Waals surface area contributed by atoms with Crippen molar-refractivity contribution in [3.63, 3.8) is 0 Å². The molecule has 2 rings (SSSR count). The highest BCUT2D eigenvalue weighted by Gasteiger charge is 2.50. The van der Waals surface area contributed by atoms with E-state index in [1.807, 2.05) is 6.26 Å². The van der Waals surface area contributed by atoms with Gasteiger partial charge < -0.3 is 48.1 Å². The van der Waals surface area contributed by atoms with Crippen molar-refractivity contribution in [3.8, 4) is 0 Å². The van der Waals surface area contributed by atoms with Gasteiger partial charge in [-0.05, 0) is 62.5 Å². The van der Waals surface area contributed by atoms with Crippen molar-refractivity contribution < 1.29 is 43.5 Å². The summed E-state index contributed by atoms with van der Waals surface area (Å²) in [6.07, 6.45) is -0.0418. The van der Waals surface area contributed by atoms with Gasteiger partial charge in [0.1, 0.15) is 30.2 Å². The van der Waals surface area contributed by atoms with Gasteiger partial charge in [0.15, 0.2) is 6.10 Å². The number of nitrogens with two attached hydrogens (primary N) is 2. The summed E-state index contributed by atoms with van der Waals surface area (Å²) >= 11 is 2.77. The minimum Gasteiger partial charge on any atom is -0.381 e. The van der Waals surface area contributed by atoms with Crippen LogP contribution in [-0.2, 0) is 44.8 Å². The van der Waals surface area contributed by atoms with Gasteiger partial charge >= 0.3 is 0 Å². The highest BCUT2D eigenvalue weighted by Crippen LogP contribution is 2.40. The van der Waals surface area contributed by atoms with Crippen molar-refractivity contribution in [1.29, 1.82) is 0 Å². The van der Waals surface area contributed by atoms with Crippen molar-refractivity contribution >= 4 is 70.8 Å². The van der Waals surface area contributed by atoms with E-state index in [0.717, 1.165) is 0 Å². The number of benzene rings is 1. The Morgan fingerprint density at radius 2 is 1.42 bits per heavy atom. The summed E-state index contributed by atoms with van der Waals surface area (Å²) in [4.78, 5) is 106. The molecule has 8 amide bonds. The van der Waals surface area contributed by atoms with Crippen LogP contribution in [0.3, 0.4) is 0 Å². The third-order valence-corrected chi connectivity index (χ3v) is 11.5. The van der Waals surface area contributed by atoms with Crippen LogP contribution in [0.2, 0.25) is 0 Å². The Kier molecular flexibility index (Phi) is 19.3. The van der Waals surface area contributed by atoms with E-state index >= 15 is 0 Å². The highest BCUT2D eigenvalue weighted by molar-refractivity contribution is 8.00. The van der Waals surface area contributed by atoms with Gasteiger partial charge in [0, 0.05) is 18.1 Å². The smallest absolute Gasteiger partial charge is 0.254 e. The largest absolute Gasteiger partial charge is 0.381 e. The van der Waals surface area contributed by atoms with Gasteiger partial charge in [-0.3, -0.25) is 38.4 Å². The van der Waals surface area contributed by atoms with Crippen LogP contribution in [0.4, 0.5) is 0 Å². The van der Waals surface area contributed by atoms with E-state index < -0.39 is 106 Å². The molecule has 1 fully saturated rings. The first-order valence-corrected chi connectivity index (χ1v) is 21.2. The van der Waals surface area contributed by atoms with E-state index in [0.29, 0.717) is 17.7 Å². The van der Waals surface area contributed by atoms with Crippen LogP contribution < -0.4 is 38.1 Å². The van der Waals surface area contributed by atoms with Crippen LogP contribution in [0.5, 0.6) is 0 Å². The number of carbonyl (C=O) groups is 8. The molecule has 1 saturated heterocycles. The number of nitrogens with one attached hydrogen (secondary N) is 5. The molecule has 10 N–H and O–H groups in total. The van der Waals surface area contributed by atoms with Crippen molar-refractivity contribution in [3.05, 3.63) is 35.9 Å². The zero-order valence-corrected chi connectivity index (χ0v) is 35.6. The van der Waals surface area contributed by atoms with Crippen LogP contribution in [0.15, 0.2) is 30.3 Å². The molecule has 1 aliphatic heterocycles. The van der Waals surface area contributed by atoms with Crippen LogP contribution >= 0.6 is 23.5 Å². The molecule has 0 bridgehead atoms. The molecule has 0 aromatic heterocycles. The summed E-state index contributed by atoms with van der Waals surface area (Å²) in [5.41, 5.74) is 11.4. The minimum atomic E-state index is -1.87. The molecule has 1 aliphatic rings. The summed E-state index contributed by atoms with van der Waals surface area (Å²) in [6.45, 7) is 11.5. The topological polar surface area (TPSA) is 272 Å². The molecule has 57 heavy (non-hydrogen) atoms. The second-order valence-corrected chi connectivity index (χ2v) is 17.9. The number of hydrogen-bond donors (Lipinski definition) is 8. The van der Waals surface area contributed by atoms with Crippen molar-refractivity contribution in [1.82, 2.24) is 31.5 Å². The molecule has 318 valence electrons. The zero-order valence-electron chi connectivity index (χ0n) is 34.0. The molecule has 1 heterocycles. The van der Waals surface area contributed by atoms with Gasteiger partial charge in [0.25, 0.3) is 5.91 Å². The minimum absolute atomic E-state index is 0.00444. The third kappa shape index (κ3) is 14.8. The Balaban J connectivity index is 2.40. The quantitative estimate of drug-likeness (QED) is 0.0740. The predicted molar refractivity (Wildman–Crippen MR) is 219 cm³/mol. The fraction of sp³-hybridized carbons (Fsp3) is 0.632. The number of carbonyl (C=O) groups excluding carboxylic acids is 8. The van der Waals surface area contributed by atoms with E-state index in [-0.39, 0.29) is 25.1 Å². The lowest BCUT2D eigenvalue weighted by Gasteiger charge is -2.35. The number of thioether (sulfide) groups is 2. The molecule has 7 atom stereocenters. The van der Waals surface area contributed by atoms with Crippen molar-refractivity contribution in [2.24, 2.45) is 23.3 Å². The Morgan fingerprint density at radius 3 is 1.95 bits per heavy atom. The Hall–Kier alpha value is -4.36. The van der Waals surface area contributed by atoms with E-state index in [1.54, 1.807) is 71.9 Å². The maximum absolute atomic E-state index is 14.3. The van der Waals surface area contributed by atoms with Crippen LogP contribution in [0, 0.1) is 11.8 Å². The van der Waals surface area contributed by atoms with Gasteiger partial charge in [0.05, 0.1) is 11.9 Å². The lowest BCUT2D eigenvalue weighted by atomic mass is 9.95. The molecule has 0 saturated carbocycles. The predicted octanol–water partition coefficient (Wildman–Crippen LogP) is -0.470. The number of rotatable bonds is 22. The molecule has 17 nitrogen and oxygen atoms in total. The summed E-state index contributed by atoms with van der Waals surface area (Å²) in [6, 6.07) is 1.98. The third-order valence-electron chi connectivity index (χ3n) is 9.48. The molecule has 19 heteroatoms. The van der Waals surface area contributed by atoms with Gasteiger partial charge in [-0.2, -0.15) is 11.8 Å². The van der Waals surface area contributed by atoms with Crippen LogP contribution in [0.1, 0.15) is 73.3 Å². The molecule has 1 aromatic rings. The molecule has 0 aliphatic carbocycles. The normalized spacial score (nSPS) is 18.0. The lowest BCUT2D eigenvalue weighted by molar-refractivity contribution is -0.148. The zero-order chi connectivity index (χ0) is 43.2. The molecular weight excluding hydrogens is 777 g/mol. The summed E-state index contributed by atoms with van der Waals surface area (Å²) in [5, 5.41) is 25.0. The highest BCUT2D eigenvalue weighted by atomic mass is 32.2. The number of nitrogens with zero attached hydrogens (tertiary/aromatic N) is 1. The first-order chi connectivity index (χ1) is 26.6. The number of aliphatic hydroxyl groups excluding tert-OH is 1. The Labute approximate surface area is 343 Å². The fourth-order valence-corrected chi connectivity index (χ4v) is 7.89. The Morgan fingerprint density at radius 1 is 0.842 bits per heavy atom. The van der Waals surface area contributed by atoms with Gasteiger partial charge in [-0.1, -0.05) is 58.0 Å². The maximum Gasteiger partial charge on any atom is 0.254 e. The summed E-state index contributed by atoms with van der Waals surface area (Å²) in [5.74, 6) is -5.88. The number of aliphatic hydroxyl groups is 1. The summed E-state index contributed by atoms with van der Waals surface area (Å²) < 4.78 is -0.879. The number of primary amides is 2. The average Bonchev–Trinajstić information content (AvgIpc) is 3.45. The van der Waals surface area contributed by atoms with Crippen molar-refractivity contribution in [2.45, 2.75) is 121 Å². The van der Waals surface area contributed by atoms with Gasteiger partial charge in [-0.15, -0.1) is 11.8 Å². The monoisotopic (exact) mass is 836 g/mol. The average molecular weight is 837 g/mol. The Bertz CT molecular complexity index is 1600. The van der Waals surface area contributed by atoms with E-state index in [2.05, 4.69) is 26.6 Å². The van der Waals surface area contributed by atoms with E-state index in [9.17, 15) is 43.5 Å². The summed E-state index contributed by atoms with van der Waals surface area (Å²) in [7, 11) is 0. The molecule has 0 unspecified atom stereocenters. The van der Waals surface area contributed by atoms with Gasteiger partial charge in [-0.25, -0.2) is 0 Å². The SMILES string of the molecule is CSCC[C@H](NC(=O)[C@@H](NC(=O)[C@H]1N(C(=O)[C@@H](O)[C@H](Cc2ccccc2)NC(=O)[C@@H](NC(=O)[C@H](CCC(N)=O)NC(C)=O)C(C)C)CSC1(C)C)C(C)C)C(N)=O. The molecule has 1 aromatic carbocycles. The maximum atomic E-state index is 14.3. The number of amides is 8. The molecule has 0 spiro atoms. The van der Waals surface area contributed by atoms with Gasteiger partial charge in [0.2, 0.25) is 41.4 Å². The van der Waals surface area contributed by atoms with Crippen LogP contribution in [-0.4, -0.2) is 122 Å². The van der Waals surface area contributed by atoms with Crippen molar-refractivity contribution in [2.75, 3.05) is 17.9 Å². The first-order valence-electron chi connectivity index (χ1n) is 18.8. The van der Waals surface area contributed by atoms with E-state index in [1.165, 1.54) is 35.3 Å².